The van der Waals surface area contributed by atoms with E-state index >= 15 is 0 Å². The van der Waals surface area contributed by atoms with Crippen LogP contribution in [0, 0.1) is 6.92 Å². The van der Waals surface area contributed by atoms with Crippen LogP contribution in [0.15, 0.2) is 18.2 Å². The lowest BCUT2D eigenvalue weighted by Crippen LogP contribution is -2.17. The number of benzene rings is 1. The monoisotopic (exact) mass is 235 g/mol. The van der Waals surface area contributed by atoms with E-state index in [-0.39, 0.29) is 6.10 Å². The Morgan fingerprint density at radius 1 is 1.47 bits per heavy atom. The lowest BCUT2D eigenvalue weighted by molar-refractivity contribution is 0.141. The third-order valence-electron chi connectivity index (χ3n) is 3.31. The molecule has 3 nitrogen and oxygen atoms in total. The van der Waals surface area contributed by atoms with E-state index in [1.165, 1.54) is 11.1 Å². The van der Waals surface area contributed by atoms with Gasteiger partial charge in [0.1, 0.15) is 11.9 Å². The van der Waals surface area contributed by atoms with Crippen LogP contribution in [0.25, 0.3) is 0 Å². The van der Waals surface area contributed by atoms with Crippen LogP contribution < -0.4 is 10.1 Å². The van der Waals surface area contributed by atoms with Crippen molar-refractivity contribution in [3.63, 3.8) is 0 Å². The van der Waals surface area contributed by atoms with Crippen LogP contribution in [0.1, 0.15) is 30.5 Å². The highest BCUT2D eigenvalue weighted by molar-refractivity contribution is 5.37. The fourth-order valence-corrected chi connectivity index (χ4v) is 2.03. The standard InChI is InChI=1S/C14H21NO2/c1-10-8-12(11(2)15-3)4-5-14(10)17-13-6-7-16-9-13/h4-5,8,11,13,15H,6-7,9H2,1-3H3. The predicted octanol–water partition coefficient (Wildman–Crippen LogP) is 2.44. The average Bonchev–Trinajstić information content (AvgIpc) is 2.83. The Morgan fingerprint density at radius 3 is 2.88 bits per heavy atom. The van der Waals surface area contributed by atoms with Crippen LogP contribution in [-0.2, 0) is 4.74 Å². The summed E-state index contributed by atoms with van der Waals surface area (Å²) in [7, 11) is 1.97. The Morgan fingerprint density at radius 2 is 2.29 bits per heavy atom. The van der Waals surface area contributed by atoms with E-state index in [0.717, 1.165) is 18.8 Å². The van der Waals surface area contributed by atoms with Crippen molar-refractivity contribution in [1.29, 1.82) is 0 Å². The first-order valence-electron chi connectivity index (χ1n) is 6.23. The van der Waals surface area contributed by atoms with Crippen LogP contribution in [0.2, 0.25) is 0 Å². The van der Waals surface area contributed by atoms with Gasteiger partial charge in [-0.25, -0.2) is 0 Å². The second-order valence-corrected chi connectivity index (χ2v) is 4.64. The van der Waals surface area contributed by atoms with Crippen molar-refractivity contribution >= 4 is 0 Å². The Bertz CT molecular complexity index is 372. The molecule has 1 heterocycles. The van der Waals surface area contributed by atoms with Crippen molar-refractivity contribution in [1.82, 2.24) is 5.32 Å². The van der Waals surface area contributed by atoms with Crippen molar-refractivity contribution in [3.8, 4) is 5.75 Å². The molecule has 0 bridgehead atoms. The summed E-state index contributed by atoms with van der Waals surface area (Å²) in [4.78, 5) is 0. The Hall–Kier alpha value is -1.06. The number of ether oxygens (including phenoxy) is 2. The summed E-state index contributed by atoms with van der Waals surface area (Å²) in [5.41, 5.74) is 2.48. The Labute approximate surface area is 103 Å². The molecule has 1 aliphatic rings. The molecule has 0 aliphatic carbocycles. The van der Waals surface area contributed by atoms with Gasteiger partial charge in [-0.15, -0.1) is 0 Å². The molecule has 0 aromatic heterocycles. The minimum Gasteiger partial charge on any atom is -0.488 e. The topological polar surface area (TPSA) is 30.5 Å². The normalized spacial score (nSPS) is 21.5. The molecule has 2 rings (SSSR count). The molecule has 17 heavy (non-hydrogen) atoms. The van der Waals surface area contributed by atoms with Gasteiger partial charge in [-0.3, -0.25) is 0 Å². The summed E-state index contributed by atoms with van der Waals surface area (Å²) in [6, 6.07) is 6.75. The smallest absolute Gasteiger partial charge is 0.124 e. The summed E-state index contributed by atoms with van der Waals surface area (Å²) in [5, 5.41) is 3.24. The number of hydrogen-bond donors (Lipinski definition) is 1. The van der Waals surface area contributed by atoms with Crippen LogP contribution >= 0.6 is 0 Å². The van der Waals surface area contributed by atoms with E-state index in [0.29, 0.717) is 12.6 Å². The van der Waals surface area contributed by atoms with E-state index < -0.39 is 0 Å². The molecule has 1 N–H and O–H groups in total. The zero-order chi connectivity index (χ0) is 12.3. The summed E-state index contributed by atoms with van der Waals surface area (Å²) in [5.74, 6) is 0.979. The summed E-state index contributed by atoms with van der Waals surface area (Å²) >= 11 is 0. The van der Waals surface area contributed by atoms with E-state index in [9.17, 15) is 0 Å². The molecule has 1 saturated heterocycles. The maximum atomic E-state index is 5.93. The Kier molecular flexibility index (Phi) is 4.02. The van der Waals surface area contributed by atoms with Crippen molar-refractivity contribution < 1.29 is 9.47 Å². The SMILES string of the molecule is CNC(C)c1ccc(OC2CCOC2)c(C)c1. The first kappa shape index (κ1) is 12.4. The highest BCUT2D eigenvalue weighted by Gasteiger charge is 2.18. The molecule has 3 heteroatoms. The fraction of sp³-hybridized carbons (Fsp3) is 0.571. The molecule has 1 aliphatic heterocycles. The van der Waals surface area contributed by atoms with Gasteiger partial charge in [-0.05, 0) is 38.1 Å². The quantitative estimate of drug-likeness (QED) is 0.869. The molecular formula is C14H21NO2. The third-order valence-corrected chi connectivity index (χ3v) is 3.31. The molecule has 0 radical (unpaired) electrons. The molecular weight excluding hydrogens is 214 g/mol. The summed E-state index contributed by atoms with van der Waals surface area (Å²) < 4.78 is 11.2. The Balaban J connectivity index is 2.08. The third kappa shape index (κ3) is 2.99. The molecule has 94 valence electrons. The molecule has 0 spiro atoms. The molecule has 2 unspecified atom stereocenters. The van der Waals surface area contributed by atoms with Gasteiger partial charge in [0.05, 0.1) is 13.2 Å². The molecule has 2 atom stereocenters. The number of rotatable bonds is 4. The maximum absolute atomic E-state index is 5.93. The zero-order valence-corrected chi connectivity index (χ0v) is 10.8. The van der Waals surface area contributed by atoms with Crippen LogP contribution in [0.3, 0.4) is 0 Å². The largest absolute Gasteiger partial charge is 0.488 e. The van der Waals surface area contributed by atoms with E-state index in [4.69, 9.17) is 9.47 Å². The zero-order valence-electron chi connectivity index (χ0n) is 10.8. The van der Waals surface area contributed by atoms with Gasteiger partial charge in [-0.2, -0.15) is 0 Å². The van der Waals surface area contributed by atoms with Gasteiger partial charge >= 0.3 is 0 Å². The van der Waals surface area contributed by atoms with E-state index in [1.807, 2.05) is 7.05 Å². The molecule has 0 amide bonds. The first-order valence-corrected chi connectivity index (χ1v) is 6.23. The number of aryl methyl sites for hydroxylation is 1. The van der Waals surface area contributed by atoms with Crippen molar-refractivity contribution in [2.24, 2.45) is 0 Å². The average molecular weight is 235 g/mol. The van der Waals surface area contributed by atoms with Gasteiger partial charge in [0, 0.05) is 12.5 Å². The van der Waals surface area contributed by atoms with Gasteiger partial charge in [0.15, 0.2) is 0 Å². The molecule has 0 saturated carbocycles. The second-order valence-electron chi connectivity index (χ2n) is 4.64. The summed E-state index contributed by atoms with van der Waals surface area (Å²) in [6.07, 6.45) is 1.22. The van der Waals surface area contributed by atoms with Gasteiger partial charge in [0.2, 0.25) is 0 Å². The minimum absolute atomic E-state index is 0.223. The minimum atomic E-state index is 0.223. The lowest BCUT2D eigenvalue weighted by atomic mass is 10.1. The maximum Gasteiger partial charge on any atom is 0.124 e. The molecule has 1 fully saturated rings. The second kappa shape index (κ2) is 5.52. The van der Waals surface area contributed by atoms with Gasteiger partial charge < -0.3 is 14.8 Å². The number of hydrogen-bond acceptors (Lipinski definition) is 3. The summed E-state index contributed by atoms with van der Waals surface area (Å²) in [6.45, 7) is 5.78. The van der Waals surface area contributed by atoms with Crippen LogP contribution in [0.5, 0.6) is 5.75 Å². The highest BCUT2D eigenvalue weighted by Crippen LogP contribution is 2.25. The number of nitrogens with one attached hydrogen (secondary N) is 1. The van der Waals surface area contributed by atoms with Crippen molar-refractivity contribution in [2.75, 3.05) is 20.3 Å². The van der Waals surface area contributed by atoms with Gasteiger partial charge in [-0.1, -0.05) is 12.1 Å². The van der Waals surface area contributed by atoms with Crippen molar-refractivity contribution in [2.45, 2.75) is 32.4 Å². The molecule has 1 aromatic carbocycles. The van der Waals surface area contributed by atoms with Crippen molar-refractivity contribution in [3.05, 3.63) is 29.3 Å². The van der Waals surface area contributed by atoms with Crippen LogP contribution in [-0.4, -0.2) is 26.4 Å². The predicted molar refractivity (Wildman–Crippen MR) is 68.5 cm³/mol. The van der Waals surface area contributed by atoms with E-state index in [2.05, 4.69) is 37.4 Å². The van der Waals surface area contributed by atoms with Gasteiger partial charge in [0.25, 0.3) is 0 Å². The molecule has 1 aromatic rings. The fourth-order valence-electron chi connectivity index (χ4n) is 2.03. The van der Waals surface area contributed by atoms with E-state index in [1.54, 1.807) is 0 Å². The first-order chi connectivity index (χ1) is 8.20. The lowest BCUT2D eigenvalue weighted by Gasteiger charge is -2.17. The highest BCUT2D eigenvalue weighted by atomic mass is 16.5. The van der Waals surface area contributed by atoms with Crippen LogP contribution in [0.4, 0.5) is 0 Å².